The van der Waals surface area contributed by atoms with Crippen molar-refractivity contribution in [1.82, 2.24) is 15.4 Å². The molecule has 0 spiro atoms. The number of nitrogens with zero attached hydrogens (tertiary/aromatic N) is 2. The molecule has 1 aromatic heterocycles. The molecule has 0 unspecified atom stereocenters. The van der Waals surface area contributed by atoms with Gasteiger partial charge in [-0.15, -0.1) is 0 Å². The lowest BCUT2D eigenvalue weighted by Gasteiger charge is -2.24. The quantitative estimate of drug-likeness (QED) is 0.574. The standard InChI is InChI=1S/C27H29N3O6/c1-17-26(18(2)36-29-17)20-6-7-23-22(16-20)15-19-4-3-5-21(14-19)27(34)28-10-11-30(12-13-35-23)24(31)8-9-25(32)33/h3-7,14,16H,8-13,15H2,1-2H3,(H,28,34)(H,32,33). The number of carbonyl (C=O) groups excluding carboxylic acids is 2. The number of hydrogen-bond donors (Lipinski definition) is 2. The average molecular weight is 492 g/mol. The molecular formula is C27H29N3O6. The van der Waals surface area contributed by atoms with Gasteiger partial charge in [0.15, 0.2) is 0 Å². The molecule has 2 bridgehead atoms. The van der Waals surface area contributed by atoms with Crippen LogP contribution in [-0.2, 0) is 16.0 Å². The molecule has 0 fully saturated rings. The van der Waals surface area contributed by atoms with Crippen molar-refractivity contribution in [3.8, 4) is 16.9 Å². The van der Waals surface area contributed by atoms with Gasteiger partial charge in [0.2, 0.25) is 5.91 Å². The summed E-state index contributed by atoms with van der Waals surface area (Å²) in [5, 5.41) is 15.9. The molecule has 0 aliphatic carbocycles. The summed E-state index contributed by atoms with van der Waals surface area (Å²) in [6, 6.07) is 13.3. The number of amides is 2. The van der Waals surface area contributed by atoms with Gasteiger partial charge in [-0.05, 0) is 54.8 Å². The Morgan fingerprint density at radius 3 is 2.67 bits per heavy atom. The molecule has 1 aliphatic rings. The van der Waals surface area contributed by atoms with Crippen molar-refractivity contribution in [2.45, 2.75) is 33.1 Å². The van der Waals surface area contributed by atoms with E-state index in [9.17, 15) is 14.4 Å². The van der Waals surface area contributed by atoms with Crippen molar-refractivity contribution in [1.29, 1.82) is 0 Å². The Labute approximate surface area is 209 Å². The van der Waals surface area contributed by atoms with Crippen molar-refractivity contribution in [3.63, 3.8) is 0 Å². The van der Waals surface area contributed by atoms with Gasteiger partial charge < -0.3 is 24.6 Å². The maximum atomic E-state index is 12.7. The van der Waals surface area contributed by atoms with Gasteiger partial charge in [-0.1, -0.05) is 23.4 Å². The van der Waals surface area contributed by atoms with E-state index in [1.807, 2.05) is 50.2 Å². The molecule has 0 radical (unpaired) electrons. The molecule has 188 valence electrons. The molecule has 9 heteroatoms. The first-order valence-electron chi connectivity index (χ1n) is 11.9. The van der Waals surface area contributed by atoms with Crippen LogP contribution in [0.15, 0.2) is 47.0 Å². The largest absolute Gasteiger partial charge is 0.491 e. The van der Waals surface area contributed by atoms with Crippen LogP contribution in [0.5, 0.6) is 5.75 Å². The molecule has 2 N–H and O–H groups in total. The zero-order chi connectivity index (χ0) is 25.7. The highest BCUT2D eigenvalue weighted by molar-refractivity contribution is 5.94. The number of carbonyl (C=O) groups is 3. The van der Waals surface area contributed by atoms with E-state index >= 15 is 0 Å². The molecule has 2 heterocycles. The molecular weight excluding hydrogens is 462 g/mol. The lowest BCUT2D eigenvalue weighted by atomic mass is 9.96. The van der Waals surface area contributed by atoms with Gasteiger partial charge in [0.1, 0.15) is 18.1 Å². The fourth-order valence-electron chi connectivity index (χ4n) is 4.36. The number of ether oxygens (including phenoxy) is 1. The van der Waals surface area contributed by atoms with E-state index in [0.717, 1.165) is 33.7 Å². The summed E-state index contributed by atoms with van der Waals surface area (Å²) in [7, 11) is 0. The second kappa shape index (κ2) is 11.1. The molecule has 0 saturated heterocycles. The monoisotopic (exact) mass is 491 g/mol. The van der Waals surface area contributed by atoms with Gasteiger partial charge in [-0.3, -0.25) is 14.4 Å². The Balaban J connectivity index is 1.66. The smallest absolute Gasteiger partial charge is 0.303 e. The predicted molar refractivity (Wildman–Crippen MR) is 132 cm³/mol. The second-order valence-corrected chi connectivity index (χ2v) is 8.78. The molecule has 36 heavy (non-hydrogen) atoms. The van der Waals surface area contributed by atoms with E-state index in [0.29, 0.717) is 17.7 Å². The molecule has 2 aromatic carbocycles. The van der Waals surface area contributed by atoms with E-state index in [1.165, 1.54) is 4.90 Å². The number of carboxylic acid groups (broad SMARTS) is 1. The number of aliphatic carboxylic acids is 1. The highest BCUT2D eigenvalue weighted by Gasteiger charge is 2.18. The second-order valence-electron chi connectivity index (χ2n) is 8.78. The van der Waals surface area contributed by atoms with Crippen molar-refractivity contribution in [3.05, 3.63) is 70.6 Å². The lowest BCUT2D eigenvalue weighted by molar-refractivity contribution is -0.141. The van der Waals surface area contributed by atoms with Crippen LogP contribution in [0, 0.1) is 13.8 Å². The molecule has 3 aromatic rings. The summed E-state index contributed by atoms with van der Waals surface area (Å²) in [5.41, 5.74) is 5.09. The number of benzene rings is 2. The molecule has 0 atom stereocenters. The lowest BCUT2D eigenvalue weighted by Crippen LogP contribution is -2.40. The minimum absolute atomic E-state index is 0.108. The SMILES string of the molecule is Cc1noc(C)c1-c1ccc2c(c1)Cc1cccc(c1)C(=O)NCCN(C(=O)CCC(=O)O)CCO2. The van der Waals surface area contributed by atoms with Crippen LogP contribution in [-0.4, -0.2) is 59.2 Å². The van der Waals surface area contributed by atoms with Gasteiger partial charge in [-0.25, -0.2) is 0 Å². The maximum Gasteiger partial charge on any atom is 0.303 e. The number of nitrogens with one attached hydrogen (secondary N) is 1. The van der Waals surface area contributed by atoms with Crippen LogP contribution in [0.1, 0.15) is 45.8 Å². The molecule has 4 rings (SSSR count). The van der Waals surface area contributed by atoms with E-state index < -0.39 is 5.97 Å². The number of fused-ring (bicyclic) bond motifs is 3. The fourth-order valence-corrected chi connectivity index (χ4v) is 4.36. The van der Waals surface area contributed by atoms with Crippen LogP contribution >= 0.6 is 0 Å². The van der Waals surface area contributed by atoms with Gasteiger partial charge in [0.25, 0.3) is 5.91 Å². The summed E-state index contributed by atoms with van der Waals surface area (Å²) in [5.74, 6) is -0.150. The Kier molecular flexibility index (Phi) is 7.68. The fraction of sp³-hybridized carbons (Fsp3) is 0.333. The number of hydrogen-bond acceptors (Lipinski definition) is 6. The van der Waals surface area contributed by atoms with Gasteiger partial charge in [0, 0.05) is 37.1 Å². The van der Waals surface area contributed by atoms with Crippen LogP contribution in [0.4, 0.5) is 0 Å². The van der Waals surface area contributed by atoms with Crippen LogP contribution in [0.2, 0.25) is 0 Å². The molecule has 2 amide bonds. The van der Waals surface area contributed by atoms with Crippen LogP contribution in [0.3, 0.4) is 0 Å². The van der Waals surface area contributed by atoms with E-state index in [4.69, 9.17) is 14.4 Å². The average Bonchev–Trinajstić information content (AvgIpc) is 3.19. The first-order valence-corrected chi connectivity index (χ1v) is 11.9. The third-order valence-corrected chi connectivity index (χ3v) is 6.16. The highest BCUT2D eigenvalue weighted by atomic mass is 16.5. The number of aromatic nitrogens is 1. The highest BCUT2D eigenvalue weighted by Crippen LogP contribution is 2.32. The zero-order valence-corrected chi connectivity index (χ0v) is 20.4. The molecule has 1 aliphatic heterocycles. The minimum atomic E-state index is -1.03. The number of aryl methyl sites for hydroxylation is 2. The number of carboxylic acids is 1. The normalized spacial score (nSPS) is 14.3. The van der Waals surface area contributed by atoms with Crippen LogP contribution in [0.25, 0.3) is 11.1 Å². The van der Waals surface area contributed by atoms with Gasteiger partial charge >= 0.3 is 5.97 Å². The van der Waals surface area contributed by atoms with Crippen molar-refractivity contribution in [2.75, 3.05) is 26.2 Å². The van der Waals surface area contributed by atoms with E-state index in [-0.39, 0.29) is 50.9 Å². The third kappa shape index (κ3) is 5.91. The van der Waals surface area contributed by atoms with E-state index in [2.05, 4.69) is 10.5 Å². The first kappa shape index (κ1) is 25.0. The Morgan fingerprint density at radius 1 is 1.08 bits per heavy atom. The summed E-state index contributed by atoms with van der Waals surface area (Å²) in [4.78, 5) is 37.8. The van der Waals surface area contributed by atoms with Gasteiger partial charge in [-0.2, -0.15) is 0 Å². The summed E-state index contributed by atoms with van der Waals surface area (Å²) in [6.07, 6.45) is 0.181. The summed E-state index contributed by atoms with van der Waals surface area (Å²) in [6.45, 7) is 4.77. The summed E-state index contributed by atoms with van der Waals surface area (Å²) >= 11 is 0. The maximum absolute atomic E-state index is 12.7. The van der Waals surface area contributed by atoms with E-state index in [1.54, 1.807) is 6.07 Å². The molecule has 9 nitrogen and oxygen atoms in total. The summed E-state index contributed by atoms with van der Waals surface area (Å²) < 4.78 is 11.5. The Hall–Kier alpha value is -4.14. The van der Waals surface area contributed by atoms with Crippen molar-refractivity contribution in [2.24, 2.45) is 0 Å². The Morgan fingerprint density at radius 2 is 1.92 bits per heavy atom. The number of rotatable bonds is 4. The Bertz CT molecular complexity index is 1260. The minimum Gasteiger partial charge on any atom is -0.491 e. The third-order valence-electron chi connectivity index (χ3n) is 6.16. The van der Waals surface area contributed by atoms with Gasteiger partial charge in [0.05, 0.1) is 18.7 Å². The van der Waals surface area contributed by atoms with Crippen molar-refractivity contribution >= 4 is 17.8 Å². The first-order chi connectivity index (χ1) is 17.3. The zero-order valence-electron chi connectivity index (χ0n) is 20.4. The topological polar surface area (TPSA) is 122 Å². The van der Waals surface area contributed by atoms with Crippen molar-refractivity contribution < 1.29 is 28.8 Å². The predicted octanol–water partition coefficient (Wildman–Crippen LogP) is 3.36. The molecule has 0 saturated carbocycles. The van der Waals surface area contributed by atoms with Crippen LogP contribution < -0.4 is 10.1 Å².